The molecule has 23 heavy (non-hydrogen) atoms. The van der Waals surface area contributed by atoms with E-state index in [9.17, 15) is 13.2 Å². The standard InChI is InChI=1S/C17H26N2O3S/c1-14(13-15-7-5-4-6-8-15)18(2)17(20)16-9-11-19(12-10-16)23(3,21)22/h4-8,14,16H,9-13H2,1-3H3. The summed E-state index contributed by atoms with van der Waals surface area (Å²) in [6.07, 6.45) is 3.26. The molecule has 0 radical (unpaired) electrons. The zero-order chi connectivity index (χ0) is 17.0. The first-order valence-corrected chi connectivity index (χ1v) is 9.89. The summed E-state index contributed by atoms with van der Waals surface area (Å²) in [6.45, 7) is 2.93. The summed E-state index contributed by atoms with van der Waals surface area (Å²) in [7, 11) is -1.30. The fraction of sp³-hybridized carbons (Fsp3) is 0.588. The molecule has 0 aromatic heterocycles. The second-order valence-corrected chi connectivity index (χ2v) is 8.41. The lowest BCUT2D eigenvalue weighted by Gasteiger charge is -2.34. The van der Waals surface area contributed by atoms with Gasteiger partial charge in [-0.2, -0.15) is 0 Å². The Morgan fingerprint density at radius 3 is 2.35 bits per heavy atom. The lowest BCUT2D eigenvalue weighted by Crippen LogP contribution is -2.45. The molecule has 1 aromatic rings. The van der Waals surface area contributed by atoms with Crippen molar-refractivity contribution >= 4 is 15.9 Å². The maximum absolute atomic E-state index is 12.6. The molecule has 1 aromatic carbocycles. The minimum Gasteiger partial charge on any atom is -0.342 e. The Labute approximate surface area is 139 Å². The number of carbonyl (C=O) groups excluding carboxylic acids is 1. The number of carbonyl (C=O) groups is 1. The topological polar surface area (TPSA) is 57.7 Å². The number of hydrogen-bond donors (Lipinski definition) is 0. The summed E-state index contributed by atoms with van der Waals surface area (Å²) in [5.41, 5.74) is 1.21. The highest BCUT2D eigenvalue weighted by atomic mass is 32.2. The minimum atomic E-state index is -3.14. The maximum Gasteiger partial charge on any atom is 0.225 e. The van der Waals surface area contributed by atoms with Crippen LogP contribution in [-0.4, -0.2) is 56.0 Å². The van der Waals surface area contributed by atoms with Gasteiger partial charge in [-0.1, -0.05) is 30.3 Å². The number of likely N-dealkylation sites (N-methyl/N-ethyl adjacent to an activating group) is 1. The van der Waals surface area contributed by atoms with Gasteiger partial charge in [-0.25, -0.2) is 12.7 Å². The Bertz CT molecular complexity index is 622. The Morgan fingerprint density at radius 1 is 1.26 bits per heavy atom. The smallest absolute Gasteiger partial charge is 0.225 e. The highest BCUT2D eigenvalue weighted by molar-refractivity contribution is 7.88. The third-order valence-electron chi connectivity index (χ3n) is 4.65. The van der Waals surface area contributed by atoms with Crippen molar-refractivity contribution in [3.63, 3.8) is 0 Å². The Kier molecular flexibility index (Phi) is 5.81. The molecular weight excluding hydrogens is 312 g/mol. The van der Waals surface area contributed by atoms with Crippen LogP contribution in [0, 0.1) is 5.92 Å². The third kappa shape index (κ3) is 4.78. The van der Waals surface area contributed by atoms with E-state index in [1.54, 1.807) is 0 Å². The predicted molar refractivity (Wildman–Crippen MR) is 91.5 cm³/mol. The molecule has 128 valence electrons. The van der Waals surface area contributed by atoms with Crippen molar-refractivity contribution in [2.24, 2.45) is 5.92 Å². The van der Waals surface area contributed by atoms with Crippen LogP contribution in [0.15, 0.2) is 30.3 Å². The molecule has 1 aliphatic rings. The van der Waals surface area contributed by atoms with E-state index < -0.39 is 10.0 Å². The van der Waals surface area contributed by atoms with E-state index in [1.165, 1.54) is 16.1 Å². The van der Waals surface area contributed by atoms with E-state index in [0.29, 0.717) is 25.9 Å². The van der Waals surface area contributed by atoms with Crippen molar-refractivity contribution in [1.82, 2.24) is 9.21 Å². The summed E-state index contributed by atoms with van der Waals surface area (Å²) in [6, 6.07) is 10.3. The van der Waals surface area contributed by atoms with Crippen LogP contribution in [0.25, 0.3) is 0 Å². The Balaban J connectivity index is 1.90. The van der Waals surface area contributed by atoms with Gasteiger partial charge in [-0.15, -0.1) is 0 Å². The molecule has 6 heteroatoms. The zero-order valence-electron chi connectivity index (χ0n) is 14.1. The molecular formula is C17H26N2O3S. The van der Waals surface area contributed by atoms with Gasteiger partial charge < -0.3 is 4.90 Å². The van der Waals surface area contributed by atoms with Crippen LogP contribution in [0.1, 0.15) is 25.3 Å². The Hall–Kier alpha value is -1.40. The predicted octanol–water partition coefficient (Wildman–Crippen LogP) is 1.75. The van der Waals surface area contributed by atoms with Crippen LogP contribution in [0.5, 0.6) is 0 Å². The first-order chi connectivity index (χ1) is 10.8. The van der Waals surface area contributed by atoms with Gasteiger partial charge in [0.25, 0.3) is 0 Å². The summed E-state index contributed by atoms with van der Waals surface area (Å²) in [5.74, 6) is 0.0535. The van der Waals surface area contributed by atoms with E-state index in [-0.39, 0.29) is 17.9 Å². The molecule has 0 N–H and O–H groups in total. The number of hydrogen-bond acceptors (Lipinski definition) is 3. The van der Waals surface area contributed by atoms with Crippen LogP contribution in [0.3, 0.4) is 0 Å². The molecule has 5 nitrogen and oxygen atoms in total. The van der Waals surface area contributed by atoms with E-state index in [1.807, 2.05) is 30.1 Å². The number of amides is 1. The fourth-order valence-electron chi connectivity index (χ4n) is 3.03. The monoisotopic (exact) mass is 338 g/mol. The van der Waals surface area contributed by atoms with Gasteiger partial charge in [-0.3, -0.25) is 4.79 Å². The molecule has 1 atom stereocenters. The van der Waals surface area contributed by atoms with Gasteiger partial charge in [0.2, 0.25) is 15.9 Å². The molecule has 1 amide bonds. The molecule has 1 unspecified atom stereocenters. The van der Waals surface area contributed by atoms with Crippen molar-refractivity contribution in [2.45, 2.75) is 32.2 Å². The Morgan fingerprint density at radius 2 is 1.83 bits per heavy atom. The minimum absolute atomic E-state index is 0.0729. The lowest BCUT2D eigenvalue weighted by molar-refractivity contribution is -0.137. The highest BCUT2D eigenvalue weighted by Crippen LogP contribution is 2.22. The van der Waals surface area contributed by atoms with Crippen molar-refractivity contribution in [2.75, 3.05) is 26.4 Å². The van der Waals surface area contributed by atoms with E-state index in [2.05, 4.69) is 19.1 Å². The first kappa shape index (κ1) is 17.9. The number of benzene rings is 1. The van der Waals surface area contributed by atoms with Crippen LogP contribution >= 0.6 is 0 Å². The van der Waals surface area contributed by atoms with E-state index in [0.717, 1.165) is 6.42 Å². The molecule has 1 aliphatic heterocycles. The SMILES string of the molecule is CC(Cc1ccccc1)N(C)C(=O)C1CCN(S(C)(=O)=O)CC1. The second-order valence-electron chi connectivity index (χ2n) is 6.42. The molecule has 0 bridgehead atoms. The fourth-order valence-corrected chi connectivity index (χ4v) is 3.91. The quantitative estimate of drug-likeness (QED) is 0.822. The molecule has 1 fully saturated rings. The van der Waals surface area contributed by atoms with E-state index in [4.69, 9.17) is 0 Å². The average molecular weight is 338 g/mol. The summed E-state index contributed by atoms with van der Waals surface area (Å²) in [5, 5.41) is 0. The third-order valence-corrected chi connectivity index (χ3v) is 5.96. The van der Waals surface area contributed by atoms with Crippen LogP contribution < -0.4 is 0 Å². The number of nitrogens with zero attached hydrogens (tertiary/aromatic N) is 2. The van der Waals surface area contributed by atoms with Crippen LogP contribution in [-0.2, 0) is 21.2 Å². The number of sulfonamides is 1. The van der Waals surface area contributed by atoms with Gasteiger partial charge in [0.05, 0.1) is 6.26 Å². The molecule has 0 saturated carbocycles. The molecule has 2 rings (SSSR count). The average Bonchev–Trinajstić information content (AvgIpc) is 2.53. The maximum atomic E-state index is 12.6. The molecule has 1 saturated heterocycles. The first-order valence-electron chi connectivity index (χ1n) is 8.04. The van der Waals surface area contributed by atoms with Gasteiger partial charge in [0.15, 0.2) is 0 Å². The number of piperidine rings is 1. The summed E-state index contributed by atoms with van der Waals surface area (Å²) < 4.78 is 24.5. The zero-order valence-corrected chi connectivity index (χ0v) is 14.9. The van der Waals surface area contributed by atoms with Crippen LogP contribution in [0.2, 0.25) is 0 Å². The highest BCUT2D eigenvalue weighted by Gasteiger charge is 2.31. The van der Waals surface area contributed by atoms with E-state index >= 15 is 0 Å². The van der Waals surface area contributed by atoms with Crippen molar-refractivity contribution in [3.8, 4) is 0 Å². The van der Waals surface area contributed by atoms with Gasteiger partial charge in [0, 0.05) is 32.1 Å². The number of rotatable bonds is 5. The van der Waals surface area contributed by atoms with Crippen molar-refractivity contribution in [3.05, 3.63) is 35.9 Å². The van der Waals surface area contributed by atoms with Crippen molar-refractivity contribution < 1.29 is 13.2 Å². The summed E-state index contributed by atoms with van der Waals surface area (Å²) >= 11 is 0. The largest absolute Gasteiger partial charge is 0.342 e. The van der Waals surface area contributed by atoms with Gasteiger partial charge in [0.1, 0.15) is 0 Å². The summed E-state index contributed by atoms with van der Waals surface area (Å²) in [4.78, 5) is 14.5. The van der Waals surface area contributed by atoms with Crippen LogP contribution in [0.4, 0.5) is 0 Å². The molecule has 1 heterocycles. The normalized spacial score (nSPS) is 18.6. The molecule has 0 aliphatic carbocycles. The van der Waals surface area contributed by atoms with Gasteiger partial charge in [-0.05, 0) is 31.7 Å². The van der Waals surface area contributed by atoms with Gasteiger partial charge >= 0.3 is 0 Å². The van der Waals surface area contributed by atoms with Crippen molar-refractivity contribution in [1.29, 1.82) is 0 Å². The lowest BCUT2D eigenvalue weighted by atomic mass is 9.95. The molecule has 0 spiro atoms. The second kappa shape index (κ2) is 7.45.